The highest BCUT2D eigenvalue weighted by atomic mass is 79.9. The summed E-state index contributed by atoms with van der Waals surface area (Å²) in [5.41, 5.74) is -0.00537. The molecule has 0 radical (unpaired) electrons. The third-order valence-corrected chi connectivity index (χ3v) is 2.90. The number of halogens is 2. The van der Waals surface area contributed by atoms with Crippen molar-refractivity contribution in [1.29, 1.82) is 0 Å². The highest BCUT2D eigenvalue weighted by molar-refractivity contribution is 9.10. The standard InChI is InChI=1S/C14H10BrFN2O2/c15-10-7-12(14(20)17-8-10)18-13(19)6-5-9-3-1-2-4-11(9)16/h1-8H,(H,17,20)(H,18,19). The molecule has 0 unspecified atom stereocenters. The Morgan fingerprint density at radius 1 is 1.35 bits per heavy atom. The third kappa shape index (κ3) is 3.64. The van der Waals surface area contributed by atoms with Crippen LogP contribution in [0.4, 0.5) is 10.1 Å². The van der Waals surface area contributed by atoms with Crippen molar-refractivity contribution in [2.24, 2.45) is 0 Å². The van der Waals surface area contributed by atoms with Crippen LogP contribution in [0.3, 0.4) is 0 Å². The maximum Gasteiger partial charge on any atom is 0.271 e. The summed E-state index contributed by atoms with van der Waals surface area (Å²) in [6, 6.07) is 7.56. The number of hydrogen-bond acceptors (Lipinski definition) is 2. The SMILES string of the molecule is O=C(C=Cc1ccccc1F)Nc1cc(Br)c[nH]c1=O. The Labute approximate surface area is 122 Å². The van der Waals surface area contributed by atoms with E-state index in [2.05, 4.69) is 26.2 Å². The molecular formula is C14H10BrFN2O2. The minimum atomic E-state index is -0.517. The van der Waals surface area contributed by atoms with E-state index in [1.165, 1.54) is 30.5 Å². The summed E-state index contributed by atoms with van der Waals surface area (Å²) in [6.45, 7) is 0. The number of benzene rings is 1. The number of rotatable bonds is 3. The maximum absolute atomic E-state index is 13.3. The van der Waals surface area contributed by atoms with Crippen LogP contribution in [-0.4, -0.2) is 10.9 Å². The Kier molecular flexibility index (Phi) is 4.47. The number of H-pyrrole nitrogens is 1. The van der Waals surface area contributed by atoms with Crippen molar-refractivity contribution in [2.75, 3.05) is 5.32 Å². The molecule has 2 N–H and O–H groups in total. The first-order valence-electron chi connectivity index (χ1n) is 5.68. The molecule has 0 aliphatic carbocycles. The number of aromatic amines is 1. The number of nitrogens with one attached hydrogen (secondary N) is 2. The van der Waals surface area contributed by atoms with Crippen LogP contribution in [0.2, 0.25) is 0 Å². The van der Waals surface area contributed by atoms with Gasteiger partial charge >= 0.3 is 0 Å². The second-order valence-electron chi connectivity index (χ2n) is 3.90. The quantitative estimate of drug-likeness (QED) is 0.846. The minimum absolute atomic E-state index is 0.113. The van der Waals surface area contributed by atoms with Crippen molar-refractivity contribution < 1.29 is 9.18 Å². The van der Waals surface area contributed by atoms with Crippen LogP contribution in [0, 0.1) is 5.82 Å². The van der Waals surface area contributed by atoms with Gasteiger partial charge in [0.25, 0.3) is 5.56 Å². The van der Waals surface area contributed by atoms with Gasteiger partial charge in [-0.05, 0) is 34.1 Å². The normalized spacial score (nSPS) is 10.7. The second kappa shape index (κ2) is 6.29. The van der Waals surface area contributed by atoms with Gasteiger partial charge in [-0.2, -0.15) is 0 Å². The molecule has 0 saturated heterocycles. The van der Waals surface area contributed by atoms with Crippen LogP contribution >= 0.6 is 15.9 Å². The Hall–Kier alpha value is -2.21. The Morgan fingerprint density at radius 2 is 2.10 bits per heavy atom. The molecule has 1 amide bonds. The molecule has 2 aromatic rings. The lowest BCUT2D eigenvalue weighted by Crippen LogP contribution is -2.17. The van der Waals surface area contributed by atoms with Gasteiger partial charge in [0.15, 0.2) is 0 Å². The average Bonchev–Trinajstić information content (AvgIpc) is 2.42. The van der Waals surface area contributed by atoms with E-state index in [1.807, 2.05) is 0 Å². The smallest absolute Gasteiger partial charge is 0.271 e. The first-order chi connectivity index (χ1) is 9.56. The Balaban J connectivity index is 2.12. The molecule has 1 aromatic carbocycles. The van der Waals surface area contributed by atoms with Crippen LogP contribution in [0.15, 0.2) is 51.9 Å². The molecule has 4 nitrogen and oxygen atoms in total. The highest BCUT2D eigenvalue weighted by Gasteiger charge is 2.04. The molecule has 1 heterocycles. The molecule has 0 spiro atoms. The molecule has 1 aromatic heterocycles. The fourth-order valence-corrected chi connectivity index (χ4v) is 1.84. The van der Waals surface area contributed by atoms with Gasteiger partial charge in [-0.25, -0.2) is 4.39 Å². The largest absolute Gasteiger partial charge is 0.326 e. The summed E-state index contributed by atoms with van der Waals surface area (Å²) in [5, 5.41) is 2.42. The molecule has 0 fully saturated rings. The molecule has 2 rings (SSSR count). The molecule has 102 valence electrons. The van der Waals surface area contributed by atoms with Gasteiger partial charge in [0, 0.05) is 22.3 Å². The van der Waals surface area contributed by atoms with Crippen LogP contribution in [0.1, 0.15) is 5.56 Å². The summed E-state index contributed by atoms with van der Waals surface area (Å²) >= 11 is 3.18. The van der Waals surface area contributed by atoms with E-state index in [4.69, 9.17) is 0 Å². The van der Waals surface area contributed by atoms with E-state index >= 15 is 0 Å². The summed E-state index contributed by atoms with van der Waals surface area (Å²) in [7, 11) is 0. The summed E-state index contributed by atoms with van der Waals surface area (Å²) < 4.78 is 14.0. The number of carbonyl (C=O) groups excluding carboxylic acids is 1. The lowest BCUT2D eigenvalue weighted by atomic mass is 10.2. The number of aromatic nitrogens is 1. The van der Waals surface area contributed by atoms with E-state index in [9.17, 15) is 14.0 Å². The number of pyridine rings is 1. The van der Waals surface area contributed by atoms with Crippen LogP contribution < -0.4 is 10.9 Å². The average molecular weight is 337 g/mol. The summed E-state index contributed by atoms with van der Waals surface area (Å²) in [6.07, 6.45) is 3.97. The zero-order valence-corrected chi connectivity index (χ0v) is 11.8. The fraction of sp³-hybridized carbons (Fsp3) is 0. The Morgan fingerprint density at radius 3 is 2.85 bits per heavy atom. The molecule has 20 heavy (non-hydrogen) atoms. The van der Waals surface area contributed by atoms with E-state index in [-0.39, 0.29) is 5.69 Å². The molecule has 6 heteroatoms. The molecular weight excluding hydrogens is 327 g/mol. The number of carbonyl (C=O) groups is 1. The van der Waals surface area contributed by atoms with Crippen molar-refractivity contribution in [3.05, 3.63) is 68.8 Å². The van der Waals surface area contributed by atoms with Crippen LogP contribution in [-0.2, 0) is 4.79 Å². The summed E-state index contributed by atoms with van der Waals surface area (Å²) in [4.78, 5) is 25.6. The zero-order chi connectivity index (χ0) is 14.5. The monoisotopic (exact) mass is 336 g/mol. The van der Waals surface area contributed by atoms with E-state index in [1.54, 1.807) is 18.2 Å². The van der Waals surface area contributed by atoms with E-state index in [0.717, 1.165) is 0 Å². The molecule has 0 atom stereocenters. The molecule has 0 aliphatic heterocycles. The third-order valence-electron chi connectivity index (χ3n) is 2.45. The van der Waals surface area contributed by atoms with Crippen molar-refractivity contribution in [1.82, 2.24) is 4.98 Å². The topological polar surface area (TPSA) is 62.0 Å². The van der Waals surface area contributed by atoms with Gasteiger partial charge in [0.05, 0.1) is 0 Å². The van der Waals surface area contributed by atoms with Crippen molar-refractivity contribution in [3.63, 3.8) is 0 Å². The number of amides is 1. The lowest BCUT2D eigenvalue weighted by molar-refractivity contribution is -0.111. The van der Waals surface area contributed by atoms with E-state index < -0.39 is 17.3 Å². The van der Waals surface area contributed by atoms with Crippen LogP contribution in [0.5, 0.6) is 0 Å². The maximum atomic E-state index is 13.3. The highest BCUT2D eigenvalue weighted by Crippen LogP contribution is 2.11. The first-order valence-corrected chi connectivity index (χ1v) is 6.47. The van der Waals surface area contributed by atoms with Gasteiger partial charge < -0.3 is 10.3 Å². The minimum Gasteiger partial charge on any atom is -0.326 e. The van der Waals surface area contributed by atoms with Crippen molar-refractivity contribution >= 4 is 33.6 Å². The predicted molar refractivity (Wildman–Crippen MR) is 78.8 cm³/mol. The van der Waals surface area contributed by atoms with Gasteiger partial charge in [0.2, 0.25) is 5.91 Å². The fourth-order valence-electron chi connectivity index (χ4n) is 1.50. The molecule has 0 bridgehead atoms. The van der Waals surface area contributed by atoms with Gasteiger partial charge in [0.1, 0.15) is 11.5 Å². The summed E-state index contributed by atoms with van der Waals surface area (Å²) in [5.74, 6) is -0.936. The van der Waals surface area contributed by atoms with Gasteiger partial charge in [-0.15, -0.1) is 0 Å². The second-order valence-corrected chi connectivity index (χ2v) is 4.82. The zero-order valence-electron chi connectivity index (χ0n) is 10.2. The van der Waals surface area contributed by atoms with Gasteiger partial charge in [-0.3, -0.25) is 9.59 Å². The first kappa shape index (κ1) is 14.2. The van der Waals surface area contributed by atoms with Crippen molar-refractivity contribution in [2.45, 2.75) is 0 Å². The lowest BCUT2D eigenvalue weighted by Gasteiger charge is -2.01. The van der Waals surface area contributed by atoms with Gasteiger partial charge in [-0.1, -0.05) is 18.2 Å². The Bertz CT molecular complexity index is 725. The molecule has 0 aliphatic rings. The van der Waals surface area contributed by atoms with Crippen molar-refractivity contribution in [3.8, 4) is 0 Å². The molecule has 0 saturated carbocycles. The predicted octanol–water partition coefficient (Wildman–Crippen LogP) is 2.93. The van der Waals surface area contributed by atoms with E-state index in [0.29, 0.717) is 10.0 Å². The number of anilines is 1. The number of hydrogen-bond donors (Lipinski definition) is 2. The van der Waals surface area contributed by atoms with Crippen LogP contribution in [0.25, 0.3) is 6.08 Å².